The van der Waals surface area contributed by atoms with Crippen LogP contribution in [-0.2, 0) is 6.18 Å². The van der Waals surface area contributed by atoms with Gasteiger partial charge in [-0.15, -0.1) is 11.8 Å². The van der Waals surface area contributed by atoms with Crippen LogP contribution in [0.3, 0.4) is 0 Å². The Balaban J connectivity index is 1.63. The summed E-state index contributed by atoms with van der Waals surface area (Å²) in [7, 11) is 0. The lowest BCUT2D eigenvalue weighted by Crippen LogP contribution is -2.32. The van der Waals surface area contributed by atoms with Crippen LogP contribution in [0.25, 0.3) is 10.9 Å². The lowest BCUT2D eigenvalue weighted by atomic mass is 9.89. The zero-order valence-corrected chi connectivity index (χ0v) is 17.4. The number of thioether (sulfide) groups is 1. The normalized spacial score (nSPS) is 23.7. The second-order valence-corrected chi connectivity index (χ2v) is 9.48. The quantitative estimate of drug-likeness (QED) is 0.616. The van der Waals surface area contributed by atoms with Crippen LogP contribution >= 0.6 is 11.8 Å². The minimum Gasteiger partial charge on any atom is -0.352 e. The summed E-state index contributed by atoms with van der Waals surface area (Å²) in [6.07, 6.45) is 0.644. The Labute approximate surface area is 172 Å². The fourth-order valence-corrected chi connectivity index (χ4v) is 5.85. The summed E-state index contributed by atoms with van der Waals surface area (Å²) in [5.41, 5.74) is 0.730. The maximum atomic E-state index is 13.1. The molecular weight excluding hydrogens is 397 g/mol. The minimum absolute atomic E-state index is 0.171. The van der Waals surface area contributed by atoms with Crippen molar-refractivity contribution in [1.82, 2.24) is 10.3 Å². The van der Waals surface area contributed by atoms with Crippen molar-refractivity contribution >= 4 is 28.6 Å². The van der Waals surface area contributed by atoms with Crippen molar-refractivity contribution in [1.29, 1.82) is 0 Å². The summed E-state index contributed by atoms with van der Waals surface area (Å²) in [4.78, 5) is 17.5. The van der Waals surface area contributed by atoms with Gasteiger partial charge in [0.1, 0.15) is 5.03 Å². The molecule has 1 aromatic heterocycles. The SMILES string of the molecule is CCSc1nc2cc(C(F)(F)F)ccc2c(C)c1C(=O)NCC1CC2CCC1C2. The van der Waals surface area contributed by atoms with Crippen LogP contribution in [0, 0.1) is 24.7 Å². The van der Waals surface area contributed by atoms with E-state index in [2.05, 4.69) is 10.3 Å². The number of fused-ring (bicyclic) bond motifs is 3. The van der Waals surface area contributed by atoms with Gasteiger partial charge in [-0.05, 0) is 67.4 Å². The van der Waals surface area contributed by atoms with Gasteiger partial charge in [0.05, 0.1) is 16.6 Å². The third-order valence-electron chi connectivity index (χ3n) is 6.46. The van der Waals surface area contributed by atoms with Gasteiger partial charge in [0.25, 0.3) is 5.91 Å². The third kappa shape index (κ3) is 3.98. The molecule has 2 bridgehead atoms. The largest absolute Gasteiger partial charge is 0.416 e. The van der Waals surface area contributed by atoms with E-state index in [1.807, 2.05) is 6.92 Å². The summed E-state index contributed by atoms with van der Waals surface area (Å²) >= 11 is 1.39. The Morgan fingerprint density at radius 3 is 2.69 bits per heavy atom. The molecule has 1 amide bonds. The van der Waals surface area contributed by atoms with E-state index in [-0.39, 0.29) is 11.4 Å². The monoisotopic (exact) mass is 422 g/mol. The summed E-state index contributed by atoms with van der Waals surface area (Å²) in [6.45, 7) is 4.40. The molecule has 1 aromatic carbocycles. The van der Waals surface area contributed by atoms with Gasteiger partial charge >= 0.3 is 6.18 Å². The van der Waals surface area contributed by atoms with Crippen LogP contribution in [-0.4, -0.2) is 23.2 Å². The molecule has 29 heavy (non-hydrogen) atoms. The van der Waals surface area contributed by atoms with Crippen LogP contribution in [0.1, 0.15) is 54.1 Å². The number of hydrogen-bond acceptors (Lipinski definition) is 3. The van der Waals surface area contributed by atoms with Crippen LogP contribution in [0.15, 0.2) is 23.2 Å². The molecule has 1 N–H and O–H groups in total. The van der Waals surface area contributed by atoms with Gasteiger partial charge in [-0.1, -0.05) is 19.4 Å². The first kappa shape index (κ1) is 20.5. The molecule has 2 aromatic rings. The smallest absolute Gasteiger partial charge is 0.352 e. The Bertz CT molecular complexity index is 944. The van der Waals surface area contributed by atoms with Gasteiger partial charge in [-0.2, -0.15) is 13.2 Å². The summed E-state index contributed by atoms with van der Waals surface area (Å²) in [5, 5.41) is 4.18. The Kier molecular flexibility index (Phi) is 5.53. The molecule has 3 atom stereocenters. The number of rotatable bonds is 5. The Morgan fingerprint density at radius 1 is 1.28 bits per heavy atom. The molecule has 156 valence electrons. The van der Waals surface area contributed by atoms with Crippen molar-refractivity contribution in [3.63, 3.8) is 0 Å². The van der Waals surface area contributed by atoms with Crippen molar-refractivity contribution in [2.24, 2.45) is 17.8 Å². The molecule has 0 saturated heterocycles. The molecular formula is C22H25F3N2OS. The molecule has 7 heteroatoms. The van der Waals surface area contributed by atoms with E-state index >= 15 is 0 Å². The van der Waals surface area contributed by atoms with Gasteiger partial charge in [-0.25, -0.2) is 4.98 Å². The topological polar surface area (TPSA) is 42.0 Å². The highest BCUT2D eigenvalue weighted by molar-refractivity contribution is 7.99. The number of aryl methyl sites for hydroxylation is 1. The van der Waals surface area contributed by atoms with Crippen molar-refractivity contribution in [2.45, 2.75) is 50.7 Å². The number of carbonyl (C=O) groups is 1. The second kappa shape index (κ2) is 7.82. The number of benzene rings is 1. The van der Waals surface area contributed by atoms with Gasteiger partial charge in [-0.3, -0.25) is 4.79 Å². The lowest BCUT2D eigenvalue weighted by molar-refractivity contribution is -0.137. The molecule has 0 aliphatic heterocycles. The maximum absolute atomic E-state index is 13.1. The third-order valence-corrected chi connectivity index (χ3v) is 7.31. The number of halogens is 3. The number of nitrogens with one attached hydrogen (secondary N) is 1. The lowest BCUT2D eigenvalue weighted by Gasteiger charge is -2.22. The molecule has 2 saturated carbocycles. The molecule has 2 aliphatic rings. The fourth-order valence-electron chi connectivity index (χ4n) is 5.03. The number of aromatic nitrogens is 1. The first-order chi connectivity index (χ1) is 13.8. The molecule has 2 aliphatic carbocycles. The number of hydrogen-bond donors (Lipinski definition) is 1. The number of pyridine rings is 1. The molecule has 1 heterocycles. The average Bonchev–Trinajstić information content (AvgIpc) is 3.28. The number of carbonyl (C=O) groups excluding carboxylic acids is 1. The predicted molar refractivity (Wildman–Crippen MR) is 109 cm³/mol. The van der Waals surface area contributed by atoms with E-state index in [1.54, 1.807) is 6.92 Å². The van der Waals surface area contributed by atoms with E-state index in [9.17, 15) is 18.0 Å². The van der Waals surface area contributed by atoms with Crippen LogP contribution in [0.4, 0.5) is 13.2 Å². The van der Waals surface area contributed by atoms with Crippen LogP contribution in [0.5, 0.6) is 0 Å². The van der Waals surface area contributed by atoms with Gasteiger partial charge in [0, 0.05) is 11.9 Å². The van der Waals surface area contributed by atoms with Crippen molar-refractivity contribution in [3.8, 4) is 0 Å². The van der Waals surface area contributed by atoms with Gasteiger partial charge in [0.15, 0.2) is 0 Å². The number of amides is 1. The fraction of sp³-hybridized carbons (Fsp3) is 0.545. The van der Waals surface area contributed by atoms with E-state index in [0.29, 0.717) is 39.8 Å². The van der Waals surface area contributed by atoms with Gasteiger partial charge in [0.2, 0.25) is 0 Å². The highest BCUT2D eigenvalue weighted by atomic mass is 32.2. The Morgan fingerprint density at radius 2 is 2.07 bits per heavy atom. The molecule has 0 spiro atoms. The Hall–Kier alpha value is -1.76. The first-order valence-electron chi connectivity index (χ1n) is 10.2. The number of nitrogens with zero attached hydrogens (tertiary/aromatic N) is 1. The molecule has 2 fully saturated rings. The highest BCUT2D eigenvalue weighted by Gasteiger charge is 2.39. The van der Waals surface area contributed by atoms with Crippen molar-refractivity contribution in [3.05, 3.63) is 34.9 Å². The molecule has 3 unspecified atom stereocenters. The van der Waals surface area contributed by atoms with E-state index in [4.69, 9.17) is 0 Å². The summed E-state index contributed by atoms with van der Waals surface area (Å²) in [5.74, 6) is 2.60. The van der Waals surface area contributed by atoms with E-state index in [0.717, 1.165) is 24.0 Å². The number of alkyl halides is 3. The van der Waals surface area contributed by atoms with Crippen molar-refractivity contribution in [2.75, 3.05) is 12.3 Å². The van der Waals surface area contributed by atoms with Crippen molar-refractivity contribution < 1.29 is 18.0 Å². The standard InChI is InChI=1S/C22H25F3N2OS/c1-3-29-21-19(20(28)26-11-15-9-13-4-5-14(15)8-13)12(2)17-7-6-16(22(23,24)25)10-18(17)27-21/h6-7,10,13-15H,3-5,8-9,11H2,1-2H3,(H,26,28). The average molecular weight is 423 g/mol. The van der Waals surface area contributed by atoms with Crippen LogP contribution in [0.2, 0.25) is 0 Å². The second-order valence-electron chi connectivity index (χ2n) is 8.22. The summed E-state index contributed by atoms with van der Waals surface area (Å²) in [6, 6.07) is 3.55. The van der Waals surface area contributed by atoms with E-state index < -0.39 is 11.7 Å². The molecule has 0 radical (unpaired) electrons. The minimum atomic E-state index is -4.42. The molecule has 4 rings (SSSR count). The van der Waals surface area contributed by atoms with E-state index in [1.165, 1.54) is 43.5 Å². The highest BCUT2D eigenvalue weighted by Crippen LogP contribution is 2.48. The molecule has 3 nitrogen and oxygen atoms in total. The summed E-state index contributed by atoms with van der Waals surface area (Å²) < 4.78 is 39.3. The van der Waals surface area contributed by atoms with Gasteiger partial charge < -0.3 is 5.32 Å². The zero-order valence-electron chi connectivity index (χ0n) is 16.6. The first-order valence-corrected chi connectivity index (χ1v) is 11.2. The zero-order chi connectivity index (χ0) is 20.8. The predicted octanol–water partition coefficient (Wildman–Crippen LogP) is 5.84. The van der Waals surface area contributed by atoms with Crippen LogP contribution < -0.4 is 5.32 Å². The maximum Gasteiger partial charge on any atom is 0.416 e.